The summed E-state index contributed by atoms with van der Waals surface area (Å²) in [5.41, 5.74) is 2.71. The van der Waals surface area contributed by atoms with Crippen molar-refractivity contribution in [2.24, 2.45) is 17.8 Å². The molecule has 0 saturated heterocycles. The summed E-state index contributed by atoms with van der Waals surface area (Å²) in [6, 6.07) is 10.6. The van der Waals surface area contributed by atoms with E-state index in [0.29, 0.717) is 24.3 Å². The Morgan fingerprint density at radius 2 is 1.41 bits per heavy atom. The molecule has 3 heteroatoms. The Morgan fingerprint density at radius 1 is 0.750 bits per heavy atom. The molecule has 2 saturated carbocycles. The topological polar surface area (TPSA) is 0 Å². The molecule has 2 aliphatic rings. The molecular weight excluding hydrogens is 422 g/mol. The molecule has 0 unspecified atom stereocenters. The third-order valence-corrected chi connectivity index (χ3v) is 8.49. The van der Waals surface area contributed by atoms with Gasteiger partial charge in [-0.2, -0.15) is 0 Å². The van der Waals surface area contributed by atoms with Crippen molar-refractivity contribution in [1.29, 1.82) is 0 Å². The van der Waals surface area contributed by atoms with Gasteiger partial charge in [0.05, 0.1) is 5.02 Å². The van der Waals surface area contributed by atoms with Crippen molar-refractivity contribution in [2.45, 2.75) is 89.9 Å². The first-order valence-corrected chi connectivity index (χ1v) is 13.1. The molecule has 174 valence electrons. The summed E-state index contributed by atoms with van der Waals surface area (Å²) in [6.07, 6.45) is 14.7. The minimum atomic E-state index is -0.413. The third kappa shape index (κ3) is 6.34. The van der Waals surface area contributed by atoms with Crippen molar-refractivity contribution in [3.63, 3.8) is 0 Å². The number of halogens is 3. The fourth-order valence-corrected chi connectivity index (χ4v) is 5.99. The number of benzene rings is 2. The molecule has 0 atom stereocenters. The monoisotopic (exact) mass is 458 g/mol. The van der Waals surface area contributed by atoms with E-state index >= 15 is 0 Å². The molecule has 4 rings (SSSR count). The highest BCUT2D eigenvalue weighted by molar-refractivity contribution is 6.30. The third-order valence-electron chi connectivity index (χ3n) is 8.18. The van der Waals surface area contributed by atoms with Crippen molar-refractivity contribution in [3.8, 4) is 0 Å². The Hall–Kier alpha value is -1.41. The number of rotatable bonds is 7. The average Bonchev–Trinajstić information content (AvgIpc) is 2.80. The van der Waals surface area contributed by atoms with Crippen LogP contribution in [0.5, 0.6) is 0 Å². The van der Waals surface area contributed by atoms with Gasteiger partial charge in [0.25, 0.3) is 0 Å². The van der Waals surface area contributed by atoms with Crippen LogP contribution in [-0.4, -0.2) is 0 Å². The number of hydrogen-bond donors (Lipinski definition) is 0. The molecule has 2 aromatic carbocycles. The molecule has 2 fully saturated rings. The normalized spacial score (nSPS) is 26.2. The lowest BCUT2D eigenvalue weighted by Crippen LogP contribution is -2.17. The summed E-state index contributed by atoms with van der Waals surface area (Å²) in [6.45, 7) is 2.40. The van der Waals surface area contributed by atoms with Gasteiger partial charge in [0.2, 0.25) is 0 Å². The maximum Gasteiger partial charge on any atom is 0.142 e. The van der Waals surface area contributed by atoms with Gasteiger partial charge in [0, 0.05) is 0 Å². The summed E-state index contributed by atoms with van der Waals surface area (Å²) >= 11 is 5.75. The number of hydrogen-bond acceptors (Lipinski definition) is 0. The molecule has 0 aliphatic heterocycles. The number of aryl methyl sites for hydroxylation is 2. The predicted octanol–water partition coefficient (Wildman–Crippen LogP) is 9.28. The van der Waals surface area contributed by atoms with Crippen LogP contribution in [0.3, 0.4) is 0 Å². The Bertz CT molecular complexity index is 877. The van der Waals surface area contributed by atoms with Crippen molar-refractivity contribution in [1.82, 2.24) is 0 Å². The van der Waals surface area contributed by atoms with Crippen LogP contribution in [0.1, 0.15) is 93.7 Å². The Balaban J connectivity index is 1.24. The second-order valence-electron chi connectivity index (χ2n) is 10.5. The summed E-state index contributed by atoms with van der Waals surface area (Å²) in [5, 5.41) is 0.127. The second-order valence-corrected chi connectivity index (χ2v) is 10.9. The van der Waals surface area contributed by atoms with Gasteiger partial charge in [0.15, 0.2) is 0 Å². The zero-order chi connectivity index (χ0) is 22.5. The average molecular weight is 459 g/mol. The molecule has 0 radical (unpaired) electrons. The largest absolute Gasteiger partial charge is 0.207 e. The molecule has 0 heterocycles. The zero-order valence-electron chi connectivity index (χ0n) is 19.4. The van der Waals surface area contributed by atoms with Crippen LogP contribution in [-0.2, 0) is 12.8 Å². The molecule has 0 amide bonds. The minimum Gasteiger partial charge on any atom is -0.207 e. The van der Waals surface area contributed by atoms with Crippen molar-refractivity contribution < 1.29 is 8.78 Å². The van der Waals surface area contributed by atoms with Gasteiger partial charge in [0.1, 0.15) is 11.6 Å². The molecule has 0 bridgehead atoms. The van der Waals surface area contributed by atoms with Gasteiger partial charge in [-0.3, -0.25) is 0 Å². The lowest BCUT2D eigenvalue weighted by atomic mass is 9.74. The second kappa shape index (κ2) is 11.1. The molecule has 0 N–H and O–H groups in total. The fourth-order valence-electron chi connectivity index (χ4n) is 5.87. The maximum atomic E-state index is 14.8. The summed E-state index contributed by atoms with van der Waals surface area (Å²) in [5.74, 6) is 2.74. The summed E-state index contributed by atoms with van der Waals surface area (Å²) in [4.78, 5) is 0. The van der Waals surface area contributed by atoms with E-state index in [0.717, 1.165) is 28.9 Å². The first kappa shape index (κ1) is 23.7. The molecule has 2 aromatic rings. The van der Waals surface area contributed by atoms with Crippen LogP contribution in [0.4, 0.5) is 8.78 Å². The Kier molecular flexibility index (Phi) is 8.27. The van der Waals surface area contributed by atoms with Crippen molar-refractivity contribution in [2.75, 3.05) is 0 Å². The van der Waals surface area contributed by atoms with Gasteiger partial charge in [-0.25, -0.2) is 8.78 Å². The van der Waals surface area contributed by atoms with E-state index in [4.69, 9.17) is 11.6 Å². The van der Waals surface area contributed by atoms with Crippen molar-refractivity contribution in [3.05, 3.63) is 69.7 Å². The molecular formula is C29H37ClF2. The van der Waals surface area contributed by atoms with Crippen LogP contribution >= 0.6 is 11.6 Å². The quantitative estimate of drug-likeness (QED) is 0.387. The van der Waals surface area contributed by atoms with E-state index in [1.54, 1.807) is 12.1 Å². The van der Waals surface area contributed by atoms with Crippen LogP contribution in [0.2, 0.25) is 5.02 Å². The van der Waals surface area contributed by atoms with Crippen LogP contribution in [0.25, 0.3) is 0 Å². The van der Waals surface area contributed by atoms with Crippen LogP contribution in [0.15, 0.2) is 36.4 Å². The minimum absolute atomic E-state index is 0.120. The highest BCUT2D eigenvalue weighted by Gasteiger charge is 2.25. The van der Waals surface area contributed by atoms with Gasteiger partial charge < -0.3 is 0 Å². The van der Waals surface area contributed by atoms with Gasteiger partial charge in [-0.05, 0) is 97.1 Å². The predicted molar refractivity (Wildman–Crippen MR) is 130 cm³/mol. The molecule has 0 spiro atoms. The lowest BCUT2D eigenvalue weighted by molar-refractivity contribution is 0.237. The van der Waals surface area contributed by atoms with E-state index in [9.17, 15) is 8.78 Å². The summed E-state index contributed by atoms with van der Waals surface area (Å²) < 4.78 is 28.4. The van der Waals surface area contributed by atoms with Gasteiger partial charge in [-0.15, -0.1) is 0 Å². The van der Waals surface area contributed by atoms with Crippen molar-refractivity contribution >= 4 is 11.6 Å². The first-order chi connectivity index (χ1) is 15.5. The summed E-state index contributed by atoms with van der Waals surface area (Å²) in [7, 11) is 0. The first-order valence-electron chi connectivity index (χ1n) is 12.7. The van der Waals surface area contributed by atoms with E-state index in [2.05, 4.69) is 13.0 Å². The smallest absolute Gasteiger partial charge is 0.142 e. The zero-order valence-corrected chi connectivity index (χ0v) is 20.1. The van der Waals surface area contributed by atoms with Gasteiger partial charge >= 0.3 is 0 Å². The van der Waals surface area contributed by atoms with Crippen LogP contribution < -0.4 is 0 Å². The highest BCUT2D eigenvalue weighted by Crippen LogP contribution is 2.40. The lowest BCUT2D eigenvalue weighted by Gasteiger charge is -2.31. The standard InChI is InChI=1S/C29H37ClF2/c1-20-2-4-21(5-3-20)6-7-22-8-12-24(13-9-22)26-16-15-25(28(31)19-26)14-10-23-11-17-27(30)29(32)18-23/h11,15-22,24H,2-10,12-14H2,1H3/t20-,21-,22-,24-. The fraction of sp³-hybridized carbons (Fsp3) is 0.586. The SMILES string of the molecule is C[C@H]1CC[C@H](CC[C@H]2CC[C@H](c3ccc(CCc4ccc(Cl)c(F)c4)c(F)c3)CC2)CC1. The Labute approximate surface area is 197 Å². The van der Waals surface area contributed by atoms with E-state index < -0.39 is 5.82 Å². The van der Waals surface area contributed by atoms with E-state index in [1.165, 1.54) is 70.3 Å². The Morgan fingerprint density at radius 3 is 2.03 bits per heavy atom. The van der Waals surface area contributed by atoms with Gasteiger partial charge in [-0.1, -0.05) is 75.2 Å². The highest BCUT2D eigenvalue weighted by atomic mass is 35.5. The molecule has 32 heavy (non-hydrogen) atoms. The molecule has 0 aromatic heterocycles. The molecule has 2 aliphatic carbocycles. The molecule has 0 nitrogen and oxygen atoms in total. The van der Waals surface area contributed by atoms with E-state index in [1.807, 2.05) is 12.1 Å². The van der Waals surface area contributed by atoms with E-state index in [-0.39, 0.29) is 10.8 Å². The maximum absolute atomic E-state index is 14.8. The van der Waals surface area contributed by atoms with Crippen LogP contribution in [0, 0.1) is 29.4 Å².